The first kappa shape index (κ1) is 10.6. The summed E-state index contributed by atoms with van der Waals surface area (Å²) in [5.41, 5.74) is 6.96. The van der Waals surface area contributed by atoms with Gasteiger partial charge in [-0.3, -0.25) is 0 Å². The molecule has 1 fully saturated rings. The smallest absolute Gasteiger partial charge is 0.146 e. The Hall–Kier alpha value is -0.900. The summed E-state index contributed by atoms with van der Waals surface area (Å²) in [4.78, 5) is 6.48. The van der Waals surface area contributed by atoms with Gasteiger partial charge in [0, 0.05) is 29.8 Å². The highest BCUT2D eigenvalue weighted by atomic mass is 32.2. The first-order valence-corrected chi connectivity index (χ1v) is 6.22. The van der Waals surface area contributed by atoms with Crippen molar-refractivity contribution >= 4 is 23.3 Å². The molecule has 1 aromatic heterocycles. The summed E-state index contributed by atoms with van der Waals surface area (Å²) < 4.78 is 0. The Bertz CT molecular complexity index is 332. The van der Waals surface area contributed by atoms with Crippen LogP contribution in [0.25, 0.3) is 0 Å². The first-order valence-electron chi connectivity index (χ1n) is 5.27. The third-order valence-corrected chi connectivity index (χ3v) is 3.80. The van der Waals surface area contributed by atoms with E-state index in [2.05, 4.69) is 29.8 Å². The first-order chi connectivity index (χ1) is 7.16. The van der Waals surface area contributed by atoms with Gasteiger partial charge in [0.25, 0.3) is 0 Å². The van der Waals surface area contributed by atoms with Crippen molar-refractivity contribution in [3.63, 3.8) is 0 Å². The lowest BCUT2D eigenvalue weighted by Gasteiger charge is -2.36. The second kappa shape index (κ2) is 4.31. The molecule has 2 rings (SSSR count). The van der Waals surface area contributed by atoms with Gasteiger partial charge in [-0.05, 0) is 12.1 Å². The Balaban J connectivity index is 2.20. The molecule has 1 saturated heterocycles. The molecular formula is C11H17N3S. The number of thioether (sulfide) groups is 1. The van der Waals surface area contributed by atoms with Crippen LogP contribution >= 0.6 is 11.8 Å². The summed E-state index contributed by atoms with van der Waals surface area (Å²) in [6.45, 7) is 6.65. The van der Waals surface area contributed by atoms with Crippen LogP contribution in [0.1, 0.15) is 13.8 Å². The van der Waals surface area contributed by atoms with E-state index >= 15 is 0 Å². The number of nitrogens with zero attached hydrogens (tertiary/aromatic N) is 2. The number of nitrogens with two attached hydrogens (primary N) is 1. The molecule has 0 saturated carbocycles. The molecule has 1 aliphatic rings. The van der Waals surface area contributed by atoms with E-state index in [1.54, 1.807) is 6.20 Å². The zero-order valence-electron chi connectivity index (χ0n) is 9.18. The van der Waals surface area contributed by atoms with Gasteiger partial charge < -0.3 is 10.6 Å². The molecule has 1 aliphatic heterocycles. The van der Waals surface area contributed by atoms with Gasteiger partial charge in [-0.1, -0.05) is 13.8 Å². The van der Waals surface area contributed by atoms with Crippen LogP contribution in [0.3, 0.4) is 0 Å². The van der Waals surface area contributed by atoms with Crippen LogP contribution in [0, 0.1) is 0 Å². The van der Waals surface area contributed by atoms with E-state index in [0.717, 1.165) is 18.8 Å². The molecule has 1 aromatic rings. The maximum Gasteiger partial charge on any atom is 0.146 e. The minimum atomic E-state index is 0.642. The Labute approximate surface area is 95.1 Å². The highest BCUT2D eigenvalue weighted by molar-refractivity contribution is 8.00. The predicted octanol–water partition coefficient (Wildman–Crippen LogP) is 1.99. The highest BCUT2D eigenvalue weighted by Crippen LogP contribution is 2.30. The lowest BCUT2D eigenvalue weighted by Crippen LogP contribution is -2.40. The molecule has 2 heterocycles. The molecule has 2 atom stereocenters. The standard InChI is InChI=1S/C11H17N3S/c1-8-6-14(7-9(2)15-8)10-4-3-5-13-11(10)12/h3-5,8-9H,6-7H2,1-2H3,(H2,12,13). The number of pyridine rings is 1. The van der Waals surface area contributed by atoms with Crippen LogP contribution < -0.4 is 10.6 Å². The molecule has 82 valence electrons. The second-order valence-corrected chi connectivity index (χ2v) is 5.95. The van der Waals surface area contributed by atoms with E-state index in [1.165, 1.54) is 0 Å². The van der Waals surface area contributed by atoms with Gasteiger partial charge in [-0.2, -0.15) is 11.8 Å². The molecule has 0 bridgehead atoms. The Kier molecular flexibility index (Phi) is 3.05. The Morgan fingerprint density at radius 1 is 1.40 bits per heavy atom. The Morgan fingerprint density at radius 2 is 2.07 bits per heavy atom. The lowest BCUT2D eigenvalue weighted by molar-refractivity contribution is 0.728. The monoisotopic (exact) mass is 223 g/mol. The van der Waals surface area contributed by atoms with E-state index in [0.29, 0.717) is 16.3 Å². The maximum atomic E-state index is 5.88. The molecular weight excluding hydrogens is 206 g/mol. The normalized spacial score (nSPS) is 26.7. The van der Waals surface area contributed by atoms with Crippen molar-refractivity contribution in [1.29, 1.82) is 0 Å². The molecule has 0 spiro atoms. The number of hydrogen-bond donors (Lipinski definition) is 1. The van der Waals surface area contributed by atoms with Crippen molar-refractivity contribution < 1.29 is 0 Å². The van der Waals surface area contributed by atoms with Crippen LogP contribution in [0.2, 0.25) is 0 Å². The topological polar surface area (TPSA) is 42.2 Å². The van der Waals surface area contributed by atoms with E-state index < -0.39 is 0 Å². The summed E-state index contributed by atoms with van der Waals surface area (Å²) in [7, 11) is 0. The van der Waals surface area contributed by atoms with Gasteiger partial charge in [-0.25, -0.2) is 4.98 Å². The van der Waals surface area contributed by atoms with Crippen molar-refractivity contribution in [3.05, 3.63) is 18.3 Å². The minimum absolute atomic E-state index is 0.642. The van der Waals surface area contributed by atoms with Gasteiger partial charge in [-0.15, -0.1) is 0 Å². The number of nitrogen functional groups attached to an aromatic ring is 1. The van der Waals surface area contributed by atoms with Gasteiger partial charge in [0.15, 0.2) is 0 Å². The van der Waals surface area contributed by atoms with E-state index in [4.69, 9.17) is 5.73 Å². The van der Waals surface area contributed by atoms with E-state index in [9.17, 15) is 0 Å². The molecule has 3 nitrogen and oxygen atoms in total. The largest absolute Gasteiger partial charge is 0.382 e. The zero-order chi connectivity index (χ0) is 10.8. The third-order valence-electron chi connectivity index (χ3n) is 2.58. The summed E-state index contributed by atoms with van der Waals surface area (Å²) in [6, 6.07) is 4.00. The van der Waals surface area contributed by atoms with Crippen LogP contribution in [0.5, 0.6) is 0 Å². The van der Waals surface area contributed by atoms with E-state index in [-0.39, 0.29) is 0 Å². The lowest BCUT2D eigenvalue weighted by atomic mass is 10.2. The molecule has 2 unspecified atom stereocenters. The summed E-state index contributed by atoms with van der Waals surface area (Å²) >= 11 is 2.04. The van der Waals surface area contributed by atoms with Crippen molar-refractivity contribution in [2.45, 2.75) is 24.3 Å². The van der Waals surface area contributed by atoms with Crippen LogP contribution in [-0.4, -0.2) is 28.6 Å². The summed E-state index contributed by atoms with van der Waals surface area (Å²) in [6.07, 6.45) is 1.74. The zero-order valence-corrected chi connectivity index (χ0v) is 10.00. The molecule has 0 amide bonds. The molecule has 0 aromatic carbocycles. The van der Waals surface area contributed by atoms with E-state index in [1.807, 2.05) is 17.8 Å². The van der Waals surface area contributed by atoms with Crippen molar-refractivity contribution in [1.82, 2.24) is 4.98 Å². The van der Waals surface area contributed by atoms with Crippen molar-refractivity contribution in [2.75, 3.05) is 23.7 Å². The van der Waals surface area contributed by atoms with Gasteiger partial charge in [0.2, 0.25) is 0 Å². The average Bonchev–Trinajstić information content (AvgIpc) is 2.16. The minimum Gasteiger partial charge on any atom is -0.382 e. The van der Waals surface area contributed by atoms with Crippen LogP contribution in [0.15, 0.2) is 18.3 Å². The van der Waals surface area contributed by atoms with Crippen molar-refractivity contribution in [3.8, 4) is 0 Å². The number of anilines is 2. The molecule has 2 N–H and O–H groups in total. The maximum absolute atomic E-state index is 5.88. The highest BCUT2D eigenvalue weighted by Gasteiger charge is 2.23. The summed E-state index contributed by atoms with van der Waals surface area (Å²) in [5, 5.41) is 1.32. The second-order valence-electron chi connectivity index (χ2n) is 4.07. The van der Waals surface area contributed by atoms with Crippen LogP contribution in [0.4, 0.5) is 11.5 Å². The fourth-order valence-electron chi connectivity index (χ4n) is 2.05. The predicted molar refractivity (Wildman–Crippen MR) is 67.4 cm³/mol. The van der Waals surface area contributed by atoms with Gasteiger partial charge in [0.1, 0.15) is 5.82 Å². The quantitative estimate of drug-likeness (QED) is 0.790. The average molecular weight is 223 g/mol. The number of aromatic nitrogens is 1. The Morgan fingerprint density at radius 3 is 2.67 bits per heavy atom. The third kappa shape index (κ3) is 2.37. The van der Waals surface area contributed by atoms with Gasteiger partial charge in [0.05, 0.1) is 5.69 Å². The molecule has 0 aliphatic carbocycles. The van der Waals surface area contributed by atoms with Crippen LogP contribution in [-0.2, 0) is 0 Å². The fourth-order valence-corrected chi connectivity index (χ4v) is 3.38. The fraction of sp³-hybridized carbons (Fsp3) is 0.545. The van der Waals surface area contributed by atoms with Crippen molar-refractivity contribution in [2.24, 2.45) is 0 Å². The SMILES string of the molecule is CC1CN(c2cccnc2N)CC(C)S1. The molecule has 15 heavy (non-hydrogen) atoms. The number of rotatable bonds is 1. The molecule has 0 radical (unpaired) electrons. The molecule has 4 heteroatoms. The van der Waals surface area contributed by atoms with Gasteiger partial charge >= 0.3 is 0 Å². The summed E-state index contributed by atoms with van der Waals surface area (Å²) in [5.74, 6) is 0.642. The number of hydrogen-bond acceptors (Lipinski definition) is 4.